The van der Waals surface area contributed by atoms with E-state index in [1.165, 1.54) is 22.3 Å². The lowest BCUT2D eigenvalue weighted by Gasteiger charge is -2.02. The zero-order chi connectivity index (χ0) is 22.1. The summed E-state index contributed by atoms with van der Waals surface area (Å²) in [6, 6.07) is 9.49. The number of amides is 1. The zero-order valence-electron chi connectivity index (χ0n) is 16.4. The van der Waals surface area contributed by atoms with Crippen LogP contribution in [-0.4, -0.2) is 35.2 Å². The van der Waals surface area contributed by atoms with Gasteiger partial charge in [-0.05, 0) is 5.56 Å². The summed E-state index contributed by atoms with van der Waals surface area (Å²) >= 11 is 7.40. The lowest BCUT2D eigenvalue weighted by molar-refractivity contribution is 0.0950. The van der Waals surface area contributed by atoms with Crippen LogP contribution in [0.1, 0.15) is 26.2 Å². The first-order valence-electron chi connectivity index (χ1n) is 9.04. The fourth-order valence-corrected chi connectivity index (χ4v) is 3.81. The van der Waals surface area contributed by atoms with E-state index in [1.807, 2.05) is 30.3 Å². The van der Waals surface area contributed by atoms with E-state index in [0.29, 0.717) is 17.4 Å². The Morgan fingerprint density at radius 1 is 1.16 bits per heavy atom. The van der Waals surface area contributed by atoms with Crippen molar-refractivity contribution in [3.63, 3.8) is 0 Å². The number of rotatable bonds is 5. The van der Waals surface area contributed by atoms with Crippen molar-refractivity contribution in [2.24, 2.45) is 14.1 Å². The number of halogens is 1. The summed E-state index contributed by atoms with van der Waals surface area (Å²) in [6.45, 7) is 0.366. The van der Waals surface area contributed by atoms with Crippen LogP contribution in [0, 0.1) is 0 Å². The first-order chi connectivity index (χ1) is 14.8. The number of carbonyl (C=O) groups excluding carboxylic acids is 1. The summed E-state index contributed by atoms with van der Waals surface area (Å²) in [4.78, 5) is 42.8. The molecule has 4 rings (SSSR count). The van der Waals surface area contributed by atoms with Crippen LogP contribution in [0.4, 0.5) is 0 Å². The maximum atomic E-state index is 12.3. The van der Waals surface area contributed by atoms with E-state index in [9.17, 15) is 14.4 Å². The van der Waals surface area contributed by atoms with Gasteiger partial charge >= 0.3 is 5.69 Å². The molecule has 31 heavy (non-hydrogen) atoms. The topological polar surface area (TPSA) is 128 Å². The molecule has 1 aromatic carbocycles. The first-order valence-corrected chi connectivity index (χ1v) is 10.2. The van der Waals surface area contributed by atoms with Crippen LogP contribution in [0.15, 0.2) is 39.9 Å². The minimum atomic E-state index is -0.562. The largest absolute Gasteiger partial charge is 0.346 e. The highest BCUT2D eigenvalue weighted by Gasteiger charge is 2.17. The Hall–Kier alpha value is -3.57. The van der Waals surface area contributed by atoms with E-state index in [2.05, 4.69) is 25.5 Å². The van der Waals surface area contributed by atoms with Crippen LogP contribution in [0.3, 0.4) is 0 Å². The van der Waals surface area contributed by atoms with Gasteiger partial charge in [0.25, 0.3) is 11.5 Å². The molecule has 0 atom stereocenters. The van der Waals surface area contributed by atoms with Crippen molar-refractivity contribution in [3.05, 3.63) is 72.6 Å². The van der Waals surface area contributed by atoms with Gasteiger partial charge in [0.1, 0.15) is 5.82 Å². The number of aromatic amines is 1. The van der Waals surface area contributed by atoms with Crippen molar-refractivity contribution in [1.82, 2.24) is 34.6 Å². The first kappa shape index (κ1) is 20.7. The lowest BCUT2D eigenvalue weighted by Crippen LogP contribution is -2.29. The molecule has 0 bridgehead atoms. The van der Waals surface area contributed by atoms with E-state index in [1.54, 1.807) is 7.05 Å². The molecule has 0 radical (unpaired) electrons. The third-order valence-electron chi connectivity index (χ3n) is 4.54. The highest BCUT2D eigenvalue weighted by Crippen LogP contribution is 2.25. The molecule has 3 heterocycles. The summed E-state index contributed by atoms with van der Waals surface area (Å²) in [5, 5.41) is 11.3. The van der Waals surface area contributed by atoms with Crippen LogP contribution < -0.4 is 16.6 Å². The van der Waals surface area contributed by atoms with Crippen LogP contribution in [0.25, 0.3) is 22.3 Å². The van der Waals surface area contributed by atoms with Crippen molar-refractivity contribution in [3.8, 4) is 0 Å². The molecule has 0 aliphatic carbocycles. The molecule has 158 valence electrons. The maximum absolute atomic E-state index is 12.3. The van der Waals surface area contributed by atoms with Gasteiger partial charge in [-0.15, -0.1) is 10.2 Å². The standard InChI is InChI=1S/C19H16ClN7O3S/c1-26-12(22-14-13(26)15(28)23-19(30)27(14)2)8-11(20)17-24-25-18(31-17)16(29)21-9-10-6-4-3-5-7-10/h3-8H,9H2,1-2H3,(H,21,29)(H,23,28,30)/b11-8-. The number of carbonyl (C=O) groups is 1. The normalized spacial score (nSPS) is 11.8. The smallest absolute Gasteiger partial charge is 0.329 e. The monoisotopic (exact) mass is 457 g/mol. The number of aryl methyl sites for hydroxylation is 2. The molecule has 0 spiro atoms. The zero-order valence-corrected chi connectivity index (χ0v) is 18.0. The molecule has 12 heteroatoms. The fourth-order valence-electron chi connectivity index (χ4n) is 2.89. The minimum Gasteiger partial charge on any atom is -0.346 e. The fraction of sp³-hybridized carbons (Fsp3) is 0.158. The molecule has 0 aliphatic rings. The van der Waals surface area contributed by atoms with Gasteiger partial charge in [0.15, 0.2) is 16.2 Å². The highest BCUT2D eigenvalue weighted by molar-refractivity contribution is 7.15. The second-order valence-electron chi connectivity index (χ2n) is 6.59. The quantitative estimate of drug-likeness (QED) is 0.467. The highest BCUT2D eigenvalue weighted by atomic mass is 35.5. The summed E-state index contributed by atoms with van der Waals surface area (Å²) in [5.74, 6) is -0.0155. The average molecular weight is 458 g/mol. The Morgan fingerprint density at radius 2 is 1.87 bits per heavy atom. The van der Waals surface area contributed by atoms with Crippen molar-refractivity contribution < 1.29 is 4.79 Å². The van der Waals surface area contributed by atoms with Gasteiger partial charge in [0, 0.05) is 26.7 Å². The number of H-pyrrole nitrogens is 1. The number of nitrogens with one attached hydrogen (secondary N) is 2. The number of hydrogen-bond donors (Lipinski definition) is 2. The molecular weight excluding hydrogens is 442 g/mol. The van der Waals surface area contributed by atoms with Crippen molar-refractivity contribution >= 4 is 51.1 Å². The van der Waals surface area contributed by atoms with Crippen molar-refractivity contribution in [2.75, 3.05) is 0 Å². The number of nitrogens with zero attached hydrogens (tertiary/aromatic N) is 5. The molecule has 0 saturated carbocycles. The summed E-state index contributed by atoms with van der Waals surface area (Å²) in [7, 11) is 3.14. The van der Waals surface area contributed by atoms with E-state index in [4.69, 9.17) is 11.6 Å². The number of benzene rings is 1. The van der Waals surface area contributed by atoms with Gasteiger partial charge in [-0.3, -0.25) is 19.1 Å². The Morgan fingerprint density at radius 3 is 2.61 bits per heavy atom. The Balaban J connectivity index is 1.58. The SMILES string of the molecule is Cn1c(/C=C(\Cl)c2nnc(C(=O)NCc3ccccc3)s2)nc2c1c(=O)[nH]c(=O)n2C. The van der Waals surface area contributed by atoms with E-state index in [0.717, 1.165) is 16.9 Å². The van der Waals surface area contributed by atoms with Gasteiger partial charge < -0.3 is 9.88 Å². The van der Waals surface area contributed by atoms with Crippen molar-refractivity contribution in [2.45, 2.75) is 6.54 Å². The molecule has 0 saturated heterocycles. The summed E-state index contributed by atoms with van der Waals surface area (Å²) in [5.41, 5.74) is 0.315. The number of hydrogen-bond acceptors (Lipinski definition) is 7. The predicted molar refractivity (Wildman–Crippen MR) is 118 cm³/mol. The summed E-state index contributed by atoms with van der Waals surface area (Å²) < 4.78 is 2.76. The van der Waals surface area contributed by atoms with Gasteiger partial charge in [0.2, 0.25) is 5.01 Å². The van der Waals surface area contributed by atoms with Gasteiger partial charge in [-0.25, -0.2) is 9.78 Å². The lowest BCUT2D eigenvalue weighted by atomic mass is 10.2. The molecular formula is C19H16ClN7O3S. The van der Waals surface area contributed by atoms with Crippen LogP contribution in [0.5, 0.6) is 0 Å². The van der Waals surface area contributed by atoms with E-state index in [-0.39, 0.29) is 27.1 Å². The second kappa shape index (κ2) is 8.28. The average Bonchev–Trinajstić information content (AvgIpc) is 3.37. The number of aromatic nitrogens is 6. The number of fused-ring (bicyclic) bond motifs is 1. The van der Waals surface area contributed by atoms with Gasteiger partial charge in [-0.2, -0.15) is 0 Å². The summed E-state index contributed by atoms with van der Waals surface area (Å²) in [6.07, 6.45) is 1.50. The molecule has 10 nitrogen and oxygen atoms in total. The third-order valence-corrected chi connectivity index (χ3v) is 5.90. The van der Waals surface area contributed by atoms with Crippen molar-refractivity contribution in [1.29, 1.82) is 0 Å². The molecule has 0 fully saturated rings. The molecule has 0 aliphatic heterocycles. The van der Waals surface area contributed by atoms with E-state index < -0.39 is 11.2 Å². The third kappa shape index (κ3) is 4.05. The molecule has 0 unspecified atom stereocenters. The Labute approximate surface area is 183 Å². The molecule has 2 N–H and O–H groups in total. The van der Waals surface area contributed by atoms with Gasteiger partial charge in [-0.1, -0.05) is 53.3 Å². The minimum absolute atomic E-state index is 0.168. The predicted octanol–water partition coefficient (Wildman–Crippen LogP) is 1.48. The molecule has 1 amide bonds. The Kier molecular flexibility index (Phi) is 5.53. The Bertz CT molecular complexity index is 1430. The van der Waals surface area contributed by atoms with E-state index >= 15 is 0 Å². The second-order valence-corrected chi connectivity index (χ2v) is 7.98. The van der Waals surface area contributed by atoms with Crippen LogP contribution in [-0.2, 0) is 20.6 Å². The van der Waals surface area contributed by atoms with Crippen LogP contribution >= 0.6 is 22.9 Å². The maximum Gasteiger partial charge on any atom is 0.329 e. The molecule has 4 aromatic rings. The van der Waals surface area contributed by atoms with Gasteiger partial charge in [0.05, 0.1) is 5.03 Å². The number of imidazole rings is 1. The molecule has 3 aromatic heterocycles. The van der Waals surface area contributed by atoms with Crippen LogP contribution in [0.2, 0.25) is 0 Å².